The van der Waals surface area contributed by atoms with Crippen LogP contribution in [0.1, 0.15) is 34.3 Å². The monoisotopic (exact) mass is 454 g/mol. The van der Waals surface area contributed by atoms with Gasteiger partial charge >= 0.3 is 6.18 Å². The second-order valence-corrected chi connectivity index (χ2v) is 8.52. The van der Waals surface area contributed by atoms with Crippen LogP contribution in [-0.2, 0) is 6.18 Å². The summed E-state index contributed by atoms with van der Waals surface area (Å²) in [6, 6.07) is 5.66. The zero-order valence-corrected chi connectivity index (χ0v) is 17.8. The van der Waals surface area contributed by atoms with Gasteiger partial charge in [-0.25, -0.2) is 15.0 Å². The fraction of sp³-hybridized carbons (Fsp3) is 0.348. The lowest BCUT2D eigenvalue weighted by Gasteiger charge is -2.34. The predicted octanol–water partition coefficient (Wildman–Crippen LogP) is 3.98. The number of carbonyl (C=O) groups is 1. The highest BCUT2D eigenvalue weighted by molar-refractivity contribution is 5.99. The van der Waals surface area contributed by atoms with E-state index in [4.69, 9.17) is 0 Å². The van der Waals surface area contributed by atoms with Crippen molar-refractivity contribution < 1.29 is 18.0 Å². The van der Waals surface area contributed by atoms with Crippen molar-refractivity contribution in [3.63, 3.8) is 0 Å². The molecule has 170 valence electrons. The Morgan fingerprint density at radius 1 is 1.09 bits per heavy atom. The molecule has 3 aromatic heterocycles. The molecule has 3 atom stereocenters. The number of aryl methyl sites for hydroxylation is 1. The van der Waals surface area contributed by atoms with Crippen molar-refractivity contribution >= 4 is 11.7 Å². The highest BCUT2D eigenvalue weighted by atomic mass is 19.4. The van der Waals surface area contributed by atoms with E-state index in [0.717, 1.165) is 30.7 Å². The van der Waals surface area contributed by atoms with E-state index >= 15 is 0 Å². The first kappa shape index (κ1) is 21.3. The number of alkyl halides is 3. The maximum absolute atomic E-state index is 13.6. The molecule has 10 heteroatoms. The number of hydrogen-bond donors (Lipinski definition) is 1. The van der Waals surface area contributed by atoms with E-state index in [0.29, 0.717) is 35.4 Å². The maximum atomic E-state index is 13.6. The van der Waals surface area contributed by atoms with Crippen molar-refractivity contribution in [3.8, 4) is 11.5 Å². The first-order valence-corrected chi connectivity index (χ1v) is 10.6. The van der Waals surface area contributed by atoms with Crippen LogP contribution in [0.4, 0.5) is 19.0 Å². The third kappa shape index (κ3) is 4.12. The summed E-state index contributed by atoms with van der Waals surface area (Å²) in [5.74, 6) is 0.922. The molecular formula is C23H21F3N6O. The molecule has 5 rings (SSSR count). The number of nitrogens with one attached hydrogen (secondary N) is 1. The lowest BCUT2D eigenvalue weighted by molar-refractivity contribution is -0.137. The van der Waals surface area contributed by atoms with Crippen molar-refractivity contribution in [2.75, 3.05) is 11.9 Å². The van der Waals surface area contributed by atoms with Crippen molar-refractivity contribution in [2.24, 2.45) is 5.92 Å². The molecule has 0 spiro atoms. The lowest BCUT2D eigenvalue weighted by Crippen LogP contribution is -2.48. The summed E-state index contributed by atoms with van der Waals surface area (Å²) in [4.78, 5) is 32.3. The Kier molecular flexibility index (Phi) is 5.22. The van der Waals surface area contributed by atoms with E-state index in [1.54, 1.807) is 30.7 Å². The van der Waals surface area contributed by atoms with Gasteiger partial charge in [0, 0.05) is 37.4 Å². The molecular weight excluding hydrogens is 433 g/mol. The Morgan fingerprint density at radius 2 is 1.88 bits per heavy atom. The molecule has 1 amide bonds. The Balaban J connectivity index is 1.37. The Morgan fingerprint density at radius 3 is 2.55 bits per heavy atom. The number of halogens is 3. The molecule has 1 aliphatic heterocycles. The van der Waals surface area contributed by atoms with E-state index in [9.17, 15) is 18.0 Å². The number of piperidine rings is 1. The van der Waals surface area contributed by atoms with Gasteiger partial charge < -0.3 is 10.2 Å². The molecule has 1 N–H and O–H groups in total. The van der Waals surface area contributed by atoms with Crippen LogP contribution in [0.25, 0.3) is 11.5 Å². The van der Waals surface area contributed by atoms with E-state index in [-0.39, 0.29) is 18.0 Å². The average molecular weight is 454 g/mol. The van der Waals surface area contributed by atoms with E-state index in [1.807, 2.05) is 11.8 Å². The normalized spacial score (nSPS) is 21.9. The summed E-state index contributed by atoms with van der Waals surface area (Å²) in [5.41, 5.74) is 0.939. The minimum atomic E-state index is -4.43. The summed E-state index contributed by atoms with van der Waals surface area (Å²) in [5, 5.41) is 3.23. The van der Waals surface area contributed by atoms with Crippen LogP contribution in [0, 0.1) is 12.8 Å². The van der Waals surface area contributed by atoms with Crippen LogP contribution in [0.15, 0.2) is 49.1 Å². The van der Waals surface area contributed by atoms with Gasteiger partial charge in [-0.05, 0) is 55.5 Å². The van der Waals surface area contributed by atoms with Crippen LogP contribution in [0.3, 0.4) is 0 Å². The minimum absolute atomic E-state index is 0.0864. The van der Waals surface area contributed by atoms with Crippen molar-refractivity contribution in [2.45, 2.75) is 38.0 Å². The first-order valence-electron chi connectivity index (χ1n) is 10.6. The topological polar surface area (TPSA) is 83.9 Å². The summed E-state index contributed by atoms with van der Waals surface area (Å²) in [6.45, 7) is 2.50. The van der Waals surface area contributed by atoms with Crippen LogP contribution >= 0.6 is 0 Å². The van der Waals surface area contributed by atoms with Crippen molar-refractivity contribution in [3.05, 3.63) is 65.7 Å². The minimum Gasteiger partial charge on any atom is -0.365 e. The molecule has 4 heterocycles. The van der Waals surface area contributed by atoms with Gasteiger partial charge in [-0.15, -0.1) is 0 Å². The second kappa shape index (κ2) is 8.09. The van der Waals surface area contributed by atoms with Gasteiger partial charge in [0.1, 0.15) is 11.5 Å². The molecule has 1 saturated carbocycles. The molecule has 3 aromatic rings. The van der Waals surface area contributed by atoms with Crippen LogP contribution in [0.2, 0.25) is 0 Å². The largest absolute Gasteiger partial charge is 0.417 e. The Labute approximate surface area is 188 Å². The van der Waals surface area contributed by atoms with Crippen molar-refractivity contribution in [1.82, 2.24) is 24.8 Å². The molecule has 0 unspecified atom stereocenters. The molecule has 0 aromatic carbocycles. The molecule has 1 saturated heterocycles. The predicted molar refractivity (Wildman–Crippen MR) is 114 cm³/mol. The van der Waals surface area contributed by atoms with Gasteiger partial charge in [0.25, 0.3) is 5.91 Å². The van der Waals surface area contributed by atoms with Gasteiger partial charge in [0.2, 0.25) is 0 Å². The highest BCUT2D eigenvalue weighted by Crippen LogP contribution is 2.40. The maximum Gasteiger partial charge on any atom is 0.417 e. The van der Waals surface area contributed by atoms with Gasteiger partial charge in [-0.1, -0.05) is 0 Å². The van der Waals surface area contributed by atoms with Gasteiger partial charge in [-0.3, -0.25) is 9.78 Å². The Hall–Kier alpha value is -3.56. The SMILES string of the molecule is Cc1cnc(-c2ncccn2)c(C(=O)N2C[C@@H]3C[C@@H](Nc4ccc(C(F)(F)F)cn4)[C@@H]2C3)c1. The fourth-order valence-corrected chi connectivity index (χ4v) is 4.74. The second-order valence-electron chi connectivity index (χ2n) is 8.52. The first-order chi connectivity index (χ1) is 15.8. The molecule has 2 aliphatic rings. The smallest absolute Gasteiger partial charge is 0.365 e. The molecule has 0 radical (unpaired) electrons. The summed E-state index contributed by atoms with van der Waals surface area (Å²) >= 11 is 0. The van der Waals surface area contributed by atoms with Gasteiger partial charge in [-0.2, -0.15) is 13.2 Å². The molecule has 2 bridgehead atoms. The van der Waals surface area contributed by atoms with E-state index < -0.39 is 11.7 Å². The third-order valence-corrected chi connectivity index (χ3v) is 6.20. The number of likely N-dealkylation sites (tertiary alicyclic amines) is 1. The number of pyridine rings is 2. The number of carbonyl (C=O) groups excluding carboxylic acids is 1. The standard InChI is InChI=1S/C23H21F3N6O/c1-13-7-16(20(30-10-13)21-27-5-2-6-28-21)22(33)32-12-14-8-17(18(32)9-14)31-19-4-3-15(11-29-19)23(24,25)26/h2-7,10-11,14,17-18H,8-9,12H2,1H3,(H,29,31)/t14-,17-,18+/m1/s1. The third-order valence-electron chi connectivity index (χ3n) is 6.20. The van der Waals surface area contributed by atoms with Crippen LogP contribution in [-0.4, -0.2) is 49.4 Å². The lowest BCUT2D eigenvalue weighted by atomic mass is 10.0. The summed E-state index contributed by atoms with van der Waals surface area (Å²) < 4.78 is 38.4. The van der Waals surface area contributed by atoms with Gasteiger partial charge in [0.15, 0.2) is 5.82 Å². The van der Waals surface area contributed by atoms with E-state index in [1.165, 1.54) is 6.07 Å². The number of aromatic nitrogens is 4. The summed E-state index contributed by atoms with van der Waals surface area (Å²) in [7, 11) is 0. The Bertz CT molecular complexity index is 1170. The zero-order valence-electron chi connectivity index (χ0n) is 17.8. The number of nitrogens with zero attached hydrogens (tertiary/aromatic N) is 5. The van der Waals surface area contributed by atoms with Crippen molar-refractivity contribution in [1.29, 1.82) is 0 Å². The average Bonchev–Trinajstić information content (AvgIpc) is 3.39. The number of fused-ring (bicyclic) bond motifs is 2. The van der Waals surface area contributed by atoms with Gasteiger partial charge in [0.05, 0.1) is 17.2 Å². The quantitative estimate of drug-likeness (QED) is 0.642. The molecule has 33 heavy (non-hydrogen) atoms. The fourth-order valence-electron chi connectivity index (χ4n) is 4.74. The summed E-state index contributed by atoms with van der Waals surface area (Å²) in [6.07, 6.45) is 2.95. The highest BCUT2D eigenvalue weighted by Gasteiger charge is 2.47. The number of amides is 1. The molecule has 1 aliphatic carbocycles. The molecule has 7 nitrogen and oxygen atoms in total. The van der Waals surface area contributed by atoms with Crippen LogP contribution < -0.4 is 5.32 Å². The number of rotatable bonds is 4. The molecule has 2 fully saturated rings. The number of hydrogen-bond acceptors (Lipinski definition) is 6. The number of anilines is 1. The zero-order chi connectivity index (χ0) is 23.2. The van der Waals surface area contributed by atoms with Crippen LogP contribution in [0.5, 0.6) is 0 Å². The van der Waals surface area contributed by atoms with E-state index in [2.05, 4.69) is 25.3 Å².